The molecular formula is C16H26BrN. The Morgan fingerprint density at radius 1 is 1.11 bits per heavy atom. The van der Waals surface area contributed by atoms with E-state index in [0.717, 1.165) is 18.4 Å². The lowest BCUT2D eigenvalue weighted by Crippen LogP contribution is -2.35. The Kier molecular flexibility index (Phi) is 6.95. The molecule has 1 aromatic rings. The van der Waals surface area contributed by atoms with Crippen LogP contribution in [0.2, 0.25) is 0 Å². The molecule has 0 aromatic heterocycles. The molecule has 0 atom stereocenters. The van der Waals surface area contributed by atoms with E-state index < -0.39 is 0 Å². The molecule has 1 aromatic carbocycles. The van der Waals surface area contributed by atoms with Crippen LogP contribution in [-0.4, -0.2) is 22.8 Å². The van der Waals surface area contributed by atoms with E-state index >= 15 is 0 Å². The predicted octanol–water partition coefficient (Wildman–Crippen LogP) is 4.69. The van der Waals surface area contributed by atoms with E-state index in [1.165, 1.54) is 29.5 Å². The largest absolute Gasteiger partial charge is 0.295 e. The zero-order valence-electron chi connectivity index (χ0n) is 12.2. The van der Waals surface area contributed by atoms with Gasteiger partial charge in [0.2, 0.25) is 0 Å². The zero-order chi connectivity index (χ0) is 13.5. The van der Waals surface area contributed by atoms with Gasteiger partial charge in [0, 0.05) is 24.5 Å². The predicted molar refractivity (Wildman–Crippen MR) is 84.5 cm³/mol. The van der Waals surface area contributed by atoms with Gasteiger partial charge >= 0.3 is 0 Å². The summed E-state index contributed by atoms with van der Waals surface area (Å²) in [6.07, 6.45) is 2.46. The molecule has 1 nitrogen and oxygen atoms in total. The minimum absolute atomic E-state index is 0.696. The van der Waals surface area contributed by atoms with Crippen LogP contribution < -0.4 is 0 Å². The third kappa shape index (κ3) is 4.10. The van der Waals surface area contributed by atoms with Crippen molar-refractivity contribution in [3.8, 4) is 0 Å². The maximum absolute atomic E-state index is 3.59. The standard InChI is InChI=1S/C16H26BrN/c1-5-15(6-2)18(11-10-17)12-16-13(3)8-7-9-14(16)4/h7-9,15H,5-6,10-12H2,1-4H3. The van der Waals surface area contributed by atoms with Crippen LogP contribution in [0.15, 0.2) is 18.2 Å². The molecule has 0 aliphatic heterocycles. The Morgan fingerprint density at radius 3 is 2.11 bits per heavy atom. The molecule has 0 radical (unpaired) electrons. The average Bonchev–Trinajstić information content (AvgIpc) is 2.35. The fraction of sp³-hybridized carbons (Fsp3) is 0.625. The highest BCUT2D eigenvalue weighted by molar-refractivity contribution is 9.09. The molecular weight excluding hydrogens is 286 g/mol. The summed E-state index contributed by atoms with van der Waals surface area (Å²) >= 11 is 3.59. The first kappa shape index (κ1) is 15.7. The van der Waals surface area contributed by atoms with Gasteiger partial charge in [-0.1, -0.05) is 48.0 Å². The molecule has 1 rings (SSSR count). The van der Waals surface area contributed by atoms with E-state index in [0.29, 0.717) is 6.04 Å². The summed E-state index contributed by atoms with van der Waals surface area (Å²) in [6, 6.07) is 7.30. The van der Waals surface area contributed by atoms with Gasteiger partial charge in [-0.2, -0.15) is 0 Å². The van der Waals surface area contributed by atoms with Gasteiger partial charge in [-0.3, -0.25) is 4.90 Å². The van der Waals surface area contributed by atoms with Gasteiger partial charge in [-0.15, -0.1) is 0 Å². The minimum atomic E-state index is 0.696. The first-order chi connectivity index (χ1) is 8.63. The number of nitrogens with zero attached hydrogens (tertiary/aromatic N) is 1. The molecule has 0 saturated heterocycles. The smallest absolute Gasteiger partial charge is 0.0242 e. The second-order valence-electron chi connectivity index (χ2n) is 5.00. The van der Waals surface area contributed by atoms with Crippen molar-refractivity contribution in [2.24, 2.45) is 0 Å². The number of benzene rings is 1. The molecule has 0 amide bonds. The number of hydrogen-bond donors (Lipinski definition) is 0. The topological polar surface area (TPSA) is 3.24 Å². The molecule has 0 spiro atoms. The summed E-state index contributed by atoms with van der Waals surface area (Å²) < 4.78 is 0. The molecule has 0 unspecified atom stereocenters. The summed E-state index contributed by atoms with van der Waals surface area (Å²) in [7, 11) is 0. The molecule has 0 bridgehead atoms. The highest BCUT2D eigenvalue weighted by Gasteiger charge is 2.16. The van der Waals surface area contributed by atoms with Crippen molar-refractivity contribution in [2.75, 3.05) is 11.9 Å². The van der Waals surface area contributed by atoms with Gasteiger partial charge in [0.1, 0.15) is 0 Å². The molecule has 0 aliphatic rings. The zero-order valence-corrected chi connectivity index (χ0v) is 13.8. The summed E-state index contributed by atoms with van der Waals surface area (Å²) in [6.45, 7) is 11.2. The van der Waals surface area contributed by atoms with Gasteiger partial charge in [0.25, 0.3) is 0 Å². The lowest BCUT2D eigenvalue weighted by atomic mass is 10.0. The molecule has 0 saturated carbocycles. The molecule has 0 fully saturated rings. The highest BCUT2D eigenvalue weighted by atomic mass is 79.9. The molecule has 2 heteroatoms. The van der Waals surface area contributed by atoms with Crippen molar-refractivity contribution in [1.82, 2.24) is 4.90 Å². The summed E-state index contributed by atoms with van der Waals surface area (Å²) in [5.74, 6) is 0. The van der Waals surface area contributed by atoms with Crippen LogP contribution in [0, 0.1) is 13.8 Å². The minimum Gasteiger partial charge on any atom is -0.295 e. The quantitative estimate of drug-likeness (QED) is 0.660. The van der Waals surface area contributed by atoms with Crippen molar-refractivity contribution in [1.29, 1.82) is 0 Å². The molecule has 0 N–H and O–H groups in total. The van der Waals surface area contributed by atoms with E-state index in [1.54, 1.807) is 0 Å². The molecule has 102 valence electrons. The number of alkyl halides is 1. The fourth-order valence-corrected chi connectivity index (χ4v) is 3.06. The first-order valence-electron chi connectivity index (χ1n) is 6.99. The van der Waals surface area contributed by atoms with E-state index in [2.05, 4.69) is 66.7 Å². The Hall–Kier alpha value is -0.340. The van der Waals surface area contributed by atoms with Gasteiger partial charge < -0.3 is 0 Å². The number of rotatable bonds is 7. The number of aryl methyl sites for hydroxylation is 2. The van der Waals surface area contributed by atoms with Crippen molar-refractivity contribution >= 4 is 15.9 Å². The lowest BCUT2D eigenvalue weighted by Gasteiger charge is -2.31. The lowest BCUT2D eigenvalue weighted by molar-refractivity contribution is 0.188. The third-order valence-corrected chi connectivity index (χ3v) is 4.19. The van der Waals surface area contributed by atoms with Crippen LogP contribution in [0.1, 0.15) is 43.4 Å². The van der Waals surface area contributed by atoms with E-state index in [1.807, 2.05) is 0 Å². The third-order valence-electron chi connectivity index (χ3n) is 3.84. The SMILES string of the molecule is CCC(CC)N(CCBr)Cc1c(C)cccc1C. The van der Waals surface area contributed by atoms with Gasteiger partial charge in [0.15, 0.2) is 0 Å². The number of halogens is 1. The first-order valence-corrected chi connectivity index (χ1v) is 8.11. The van der Waals surface area contributed by atoms with Crippen LogP contribution in [0.5, 0.6) is 0 Å². The second kappa shape index (κ2) is 7.96. The summed E-state index contributed by atoms with van der Waals surface area (Å²) in [4.78, 5) is 2.62. The summed E-state index contributed by atoms with van der Waals surface area (Å²) in [5.41, 5.74) is 4.34. The van der Waals surface area contributed by atoms with E-state index in [4.69, 9.17) is 0 Å². The molecule has 0 aliphatic carbocycles. The normalized spacial score (nSPS) is 11.5. The van der Waals surface area contributed by atoms with E-state index in [9.17, 15) is 0 Å². The van der Waals surface area contributed by atoms with E-state index in [-0.39, 0.29) is 0 Å². The Morgan fingerprint density at radius 2 is 1.67 bits per heavy atom. The highest BCUT2D eigenvalue weighted by Crippen LogP contribution is 2.19. The van der Waals surface area contributed by atoms with Gasteiger partial charge in [-0.25, -0.2) is 0 Å². The molecule has 18 heavy (non-hydrogen) atoms. The molecule has 0 heterocycles. The van der Waals surface area contributed by atoms with Crippen molar-refractivity contribution in [3.63, 3.8) is 0 Å². The monoisotopic (exact) mass is 311 g/mol. The van der Waals surface area contributed by atoms with Crippen molar-refractivity contribution in [2.45, 2.75) is 53.1 Å². The average molecular weight is 312 g/mol. The van der Waals surface area contributed by atoms with Gasteiger partial charge in [0.05, 0.1) is 0 Å². The van der Waals surface area contributed by atoms with Crippen molar-refractivity contribution < 1.29 is 0 Å². The summed E-state index contributed by atoms with van der Waals surface area (Å²) in [5, 5.41) is 1.05. The van der Waals surface area contributed by atoms with Crippen LogP contribution in [-0.2, 0) is 6.54 Å². The fourth-order valence-electron chi connectivity index (χ4n) is 2.61. The Labute approximate surface area is 121 Å². The van der Waals surface area contributed by atoms with Crippen LogP contribution in [0.25, 0.3) is 0 Å². The van der Waals surface area contributed by atoms with Gasteiger partial charge in [-0.05, 0) is 43.4 Å². The van der Waals surface area contributed by atoms with Crippen LogP contribution >= 0.6 is 15.9 Å². The van der Waals surface area contributed by atoms with Crippen LogP contribution in [0.4, 0.5) is 0 Å². The second-order valence-corrected chi connectivity index (χ2v) is 5.79. The Balaban J connectivity index is 2.89. The van der Waals surface area contributed by atoms with Crippen LogP contribution in [0.3, 0.4) is 0 Å². The van der Waals surface area contributed by atoms with Crippen molar-refractivity contribution in [3.05, 3.63) is 34.9 Å². The maximum atomic E-state index is 3.59. The Bertz CT molecular complexity index is 338. The maximum Gasteiger partial charge on any atom is 0.0242 e. The number of hydrogen-bond acceptors (Lipinski definition) is 1.